The number of hydrogen-bond donors (Lipinski definition) is 3. The highest BCUT2D eigenvalue weighted by atomic mass is 16.5. The molecule has 0 heterocycles. The van der Waals surface area contributed by atoms with Crippen molar-refractivity contribution in [3.63, 3.8) is 0 Å². The fourth-order valence-electron chi connectivity index (χ4n) is 11.0. The second kappa shape index (κ2) is 65.9. The molecular formula is C70H135NO5. The van der Waals surface area contributed by atoms with Crippen LogP contribution in [0, 0.1) is 0 Å². The van der Waals surface area contributed by atoms with Crippen LogP contribution in [0.1, 0.15) is 386 Å². The maximum Gasteiger partial charge on any atom is 0.305 e. The highest BCUT2D eigenvalue weighted by Gasteiger charge is 2.20. The predicted molar refractivity (Wildman–Crippen MR) is 333 cm³/mol. The Kier molecular flexibility index (Phi) is 64.4. The SMILES string of the molecule is CCCCCCCCCCCCCCCC(=O)OCCCCCCCCCCCCC/C=C\C/C=C\CCCCCCCCCCCCCCCCCCCC(=O)NC(CO)C(O)CCCCCCCCCCCCC. The van der Waals surface area contributed by atoms with Gasteiger partial charge in [-0.3, -0.25) is 9.59 Å². The minimum absolute atomic E-state index is 0.0188. The van der Waals surface area contributed by atoms with Crippen molar-refractivity contribution in [1.82, 2.24) is 5.32 Å². The van der Waals surface area contributed by atoms with E-state index in [4.69, 9.17) is 4.74 Å². The predicted octanol–water partition coefficient (Wildman–Crippen LogP) is 22.1. The lowest BCUT2D eigenvalue weighted by Crippen LogP contribution is -2.45. The van der Waals surface area contributed by atoms with Crippen molar-refractivity contribution in [2.45, 2.75) is 398 Å². The summed E-state index contributed by atoms with van der Waals surface area (Å²) in [5, 5.41) is 23.2. The zero-order valence-corrected chi connectivity index (χ0v) is 51.5. The smallest absolute Gasteiger partial charge is 0.305 e. The van der Waals surface area contributed by atoms with E-state index in [1.54, 1.807) is 0 Å². The Labute approximate surface area is 475 Å². The lowest BCUT2D eigenvalue weighted by molar-refractivity contribution is -0.143. The Balaban J connectivity index is 3.34. The van der Waals surface area contributed by atoms with Gasteiger partial charge in [-0.1, -0.05) is 340 Å². The number of carbonyl (C=O) groups is 2. The van der Waals surface area contributed by atoms with Crippen LogP contribution >= 0.6 is 0 Å². The molecule has 6 nitrogen and oxygen atoms in total. The van der Waals surface area contributed by atoms with Gasteiger partial charge in [-0.05, 0) is 57.8 Å². The van der Waals surface area contributed by atoms with Crippen LogP contribution in [0.2, 0.25) is 0 Å². The molecule has 76 heavy (non-hydrogen) atoms. The van der Waals surface area contributed by atoms with Gasteiger partial charge < -0.3 is 20.3 Å². The van der Waals surface area contributed by atoms with Crippen molar-refractivity contribution in [3.8, 4) is 0 Å². The Morgan fingerprint density at radius 2 is 0.658 bits per heavy atom. The summed E-state index contributed by atoms with van der Waals surface area (Å²) in [4.78, 5) is 24.5. The molecule has 0 saturated carbocycles. The van der Waals surface area contributed by atoms with Crippen LogP contribution in [0.5, 0.6) is 0 Å². The fourth-order valence-corrected chi connectivity index (χ4v) is 11.0. The average Bonchev–Trinajstić information content (AvgIpc) is 3.42. The van der Waals surface area contributed by atoms with Gasteiger partial charge >= 0.3 is 5.97 Å². The summed E-state index contributed by atoms with van der Waals surface area (Å²) < 4.78 is 5.49. The number of unbranched alkanes of at least 4 members (excludes halogenated alkanes) is 50. The van der Waals surface area contributed by atoms with E-state index in [1.807, 2.05) is 0 Å². The first-order valence-corrected chi connectivity index (χ1v) is 34.6. The lowest BCUT2D eigenvalue weighted by Gasteiger charge is -2.22. The number of allylic oxidation sites excluding steroid dienone is 4. The van der Waals surface area contributed by atoms with Crippen molar-refractivity contribution in [2.24, 2.45) is 0 Å². The van der Waals surface area contributed by atoms with Crippen molar-refractivity contribution in [3.05, 3.63) is 24.3 Å². The molecule has 450 valence electrons. The molecule has 0 rings (SSSR count). The fraction of sp³-hybridized carbons (Fsp3) is 0.914. The molecule has 0 saturated heterocycles. The molecule has 0 aliphatic heterocycles. The number of aliphatic hydroxyl groups excluding tert-OH is 2. The van der Waals surface area contributed by atoms with E-state index in [1.165, 1.54) is 308 Å². The summed E-state index contributed by atoms with van der Waals surface area (Å²) in [7, 11) is 0. The van der Waals surface area contributed by atoms with E-state index in [0.29, 0.717) is 25.9 Å². The number of aliphatic hydroxyl groups is 2. The standard InChI is InChI=1S/C70H135NO5/c1-3-5-7-9-11-13-15-39-44-48-52-56-60-64-70(75)76-65-61-57-53-49-45-41-38-36-34-32-30-28-26-24-22-20-18-16-17-19-21-23-25-27-29-31-33-35-37-40-43-47-51-55-59-63-69(74)71-67(66-72)68(73)62-58-54-50-46-42-14-12-10-8-6-4-2/h18,20,24,26,67-68,72-73H,3-17,19,21-23,25,27-66H2,1-2H3,(H,71,74)/b20-18-,26-24-. The van der Waals surface area contributed by atoms with Crippen molar-refractivity contribution < 1.29 is 24.5 Å². The number of hydrogen-bond acceptors (Lipinski definition) is 5. The van der Waals surface area contributed by atoms with Crippen LogP contribution in [0.4, 0.5) is 0 Å². The third-order valence-electron chi connectivity index (χ3n) is 16.3. The van der Waals surface area contributed by atoms with Crippen molar-refractivity contribution >= 4 is 11.9 Å². The third-order valence-corrected chi connectivity index (χ3v) is 16.3. The van der Waals surface area contributed by atoms with E-state index in [0.717, 1.165) is 44.9 Å². The van der Waals surface area contributed by atoms with Crippen LogP contribution in [0.15, 0.2) is 24.3 Å². The zero-order valence-electron chi connectivity index (χ0n) is 51.5. The Hall–Kier alpha value is -1.66. The van der Waals surface area contributed by atoms with E-state index >= 15 is 0 Å². The van der Waals surface area contributed by atoms with Gasteiger partial charge in [0.05, 0.1) is 25.4 Å². The van der Waals surface area contributed by atoms with Crippen molar-refractivity contribution in [2.75, 3.05) is 13.2 Å². The minimum atomic E-state index is -0.661. The summed E-state index contributed by atoms with van der Waals surface area (Å²) >= 11 is 0. The van der Waals surface area contributed by atoms with Gasteiger partial charge in [-0.2, -0.15) is 0 Å². The summed E-state index contributed by atoms with van der Waals surface area (Å²) in [6.45, 7) is 4.97. The van der Waals surface area contributed by atoms with Gasteiger partial charge in [0.15, 0.2) is 0 Å². The molecule has 2 unspecified atom stereocenters. The summed E-state index contributed by atoms with van der Waals surface area (Å²) in [5.41, 5.74) is 0. The molecule has 0 spiro atoms. The van der Waals surface area contributed by atoms with E-state index in [2.05, 4.69) is 43.5 Å². The van der Waals surface area contributed by atoms with Crippen LogP contribution in [-0.2, 0) is 14.3 Å². The molecule has 0 aromatic heterocycles. The topological polar surface area (TPSA) is 95.9 Å². The maximum atomic E-state index is 12.5. The highest BCUT2D eigenvalue weighted by Crippen LogP contribution is 2.19. The largest absolute Gasteiger partial charge is 0.466 e. The van der Waals surface area contributed by atoms with Crippen LogP contribution in [0.25, 0.3) is 0 Å². The first-order chi connectivity index (χ1) is 37.5. The number of esters is 1. The van der Waals surface area contributed by atoms with Gasteiger partial charge in [-0.15, -0.1) is 0 Å². The molecular weight excluding hydrogens is 935 g/mol. The Bertz CT molecular complexity index is 1190. The first kappa shape index (κ1) is 74.3. The second-order valence-electron chi connectivity index (χ2n) is 23.9. The number of carbonyl (C=O) groups excluding carboxylic acids is 2. The van der Waals surface area contributed by atoms with Gasteiger partial charge in [0, 0.05) is 12.8 Å². The second-order valence-corrected chi connectivity index (χ2v) is 23.9. The molecule has 0 fully saturated rings. The summed E-state index contributed by atoms with van der Waals surface area (Å²) in [6, 6.07) is -0.538. The van der Waals surface area contributed by atoms with Gasteiger partial charge in [0.2, 0.25) is 5.91 Å². The molecule has 6 heteroatoms. The normalized spacial score (nSPS) is 12.6. The highest BCUT2D eigenvalue weighted by molar-refractivity contribution is 5.76. The number of ether oxygens (including phenoxy) is 1. The zero-order chi connectivity index (χ0) is 55.0. The van der Waals surface area contributed by atoms with E-state index in [-0.39, 0.29) is 18.5 Å². The molecule has 2 atom stereocenters. The number of rotatable bonds is 65. The summed E-state index contributed by atoms with van der Waals surface area (Å²) in [5.74, 6) is -0.0131. The summed E-state index contributed by atoms with van der Waals surface area (Å²) in [6.07, 6.45) is 82.4. The van der Waals surface area contributed by atoms with Crippen LogP contribution in [0.3, 0.4) is 0 Å². The molecule has 0 aliphatic rings. The number of nitrogens with one attached hydrogen (secondary N) is 1. The minimum Gasteiger partial charge on any atom is -0.466 e. The molecule has 0 radical (unpaired) electrons. The first-order valence-electron chi connectivity index (χ1n) is 34.6. The van der Waals surface area contributed by atoms with E-state index in [9.17, 15) is 19.8 Å². The molecule has 0 aromatic carbocycles. The van der Waals surface area contributed by atoms with Gasteiger partial charge in [0.25, 0.3) is 0 Å². The average molecular weight is 1070 g/mol. The van der Waals surface area contributed by atoms with Gasteiger partial charge in [-0.25, -0.2) is 0 Å². The third kappa shape index (κ3) is 61.6. The quantitative estimate of drug-likeness (QED) is 0.0320. The van der Waals surface area contributed by atoms with Crippen molar-refractivity contribution in [1.29, 1.82) is 0 Å². The Morgan fingerprint density at radius 3 is 1.00 bits per heavy atom. The van der Waals surface area contributed by atoms with E-state index < -0.39 is 12.1 Å². The van der Waals surface area contributed by atoms with Crippen LogP contribution in [-0.4, -0.2) is 47.4 Å². The molecule has 0 aromatic rings. The van der Waals surface area contributed by atoms with Crippen LogP contribution < -0.4 is 5.32 Å². The molecule has 1 amide bonds. The molecule has 3 N–H and O–H groups in total. The number of amides is 1. The van der Waals surface area contributed by atoms with Gasteiger partial charge in [0.1, 0.15) is 0 Å². The Morgan fingerprint density at radius 1 is 0.368 bits per heavy atom. The monoisotopic (exact) mass is 1070 g/mol. The lowest BCUT2D eigenvalue weighted by atomic mass is 10.0. The molecule has 0 bridgehead atoms. The maximum absolute atomic E-state index is 12.5. The molecule has 0 aliphatic carbocycles.